The van der Waals surface area contributed by atoms with Gasteiger partial charge in [-0.3, -0.25) is 14.2 Å². The highest BCUT2D eigenvalue weighted by Gasteiger charge is 2.36. The molecule has 9 heteroatoms. The summed E-state index contributed by atoms with van der Waals surface area (Å²) in [5, 5.41) is 5.13. The number of amides is 1. The number of alkyl halides is 3. The lowest BCUT2D eigenvalue weighted by Crippen LogP contribution is -2.34. The molecule has 1 amide bonds. The average molecular weight is 336 g/mol. The van der Waals surface area contributed by atoms with Gasteiger partial charge < -0.3 is 5.32 Å². The van der Waals surface area contributed by atoms with E-state index in [1.165, 1.54) is 11.3 Å². The molecule has 0 aliphatic carbocycles. The van der Waals surface area contributed by atoms with E-state index >= 15 is 0 Å². The van der Waals surface area contributed by atoms with Crippen molar-refractivity contribution >= 4 is 28.6 Å². The summed E-state index contributed by atoms with van der Waals surface area (Å²) in [6.07, 6.45) is -4.65. The van der Waals surface area contributed by atoms with Gasteiger partial charge in [-0.15, -0.1) is 11.3 Å². The molecule has 0 aromatic carbocycles. The predicted octanol–water partition coefficient (Wildman–Crippen LogP) is 2.87. The molecular formula is C12H11F3N2O2S2. The van der Waals surface area contributed by atoms with Crippen molar-refractivity contribution in [3.8, 4) is 0 Å². The molecule has 0 saturated heterocycles. The Morgan fingerprint density at radius 2 is 2.14 bits per heavy atom. The molecule has 0 aliphatic heterocycles. The summed E-state index contributed by atoms with van der Waals surface area (Å²) in [4.78, 5) is 23.3. The summed E-state index contributed by atoms with van der Waals surface area (Å²) in [5.74, 6) is -0.637. The Morgan fingerprint density at radius 3 is 2.71 bits per heavy atom. The average Bonchev–Trinajstić information content (AvgIpc) is 2.99. The van der Waals surface area contributed by atoms with Gasteiger partial charge in [-0.2, -0.15) is 13.2 Å². The fourth-order valence-corrected chi connectivity index (χ4v) is 3.24. The Bertz CT molecular complexity index is 673. The topological polar surface area (TPSA) is 51.1 Å². The third kappa shape index (κ3) is 3.73. The quantitative estimate of drug-likeness (QED) is 0.933. The molecule has 0 spiro atoms. The molecule has 0 bridgehead atoms. The SMILES string of the molecule is C[C@@H](NC(=O)Cn1c(C(F)(F)F)csc1=O)c1cccs1. The van der Waals surface area contributed by atoms with E-state index in [2.05, 4.69) is 5.32 Å². The Labute approximate surface area is 125 Å². The second kappa shape index (κ2) is 6.02. The van der Waals surface area contributed by atoms with Crippen LogP contribution in [0.1, 0.15) is 23.5 Å². The van der Waals surface area contributed by atoms with Crippen LogP contribution in [-0.4, -0.2) is 10.5 Å². The molecule has 2 heterocycles. The molecular weight excluding hydrogens is 325 g/mol. The predicted molar refractivity (Wildman–Crippen MR) is 74.5 cm³/mol. The van der Waals surface area contributed by atoms with Gasteiger partial charge in [0.15, 0.2) is 0 Å². The van der Waals surface area contributed by atoms with Crippen molar-refractivity contribution in [1.82, 2.24) is 9.88 Å². The molecule has 2 aromatic heterocycles. The maximum atomic E-state index is 12.7. The fraction of sp³-hybridized carbons (Fsp3) is 0.333. The fourth-order valence-electron chi connectivity index (χ4n) is 1.74. The molecule has 114 valence electrons. The number of nitrogens with one attached hydrogen (secondary N) is 1. The first-order valence-corrected chi connectivity index (χ1v) is 7.63. The summed E-state index contributed by atoms with van der Waals surface area (Å²) in [7, 11) is 0. The number of carbonyl (C=O) groups is 1. The summed E-state index contributed by atoms with van der Waals surface area (Å²) in [6, 6.07) is 3.31. The molecule has 0 aliphatic rings. The summed E-state index contributed by atoms with van der Waals surface area (Å²) in [6.45, 7) is 1.08. The number of halogens is 3. The minimum Gasteiger partial charge on any atom is -0.347 e. The molecule has 0 unspecified atom stereocenters. The van der Waals surface area contributed by atoms with Gasteiger partial charge in [0.05, 0.1) is 6.04 Å². The zero-order valence-corrected chi connectivity index (χ0v) is 12.4. The molecule has 4 nitrogen and oxygen atoms in total. The van der Waals surface area contributed by atoms with E-state index in [1.54, 1.807) is 6.92 Å². The van der Waals surface area contributed by atoms with E-state index < -0.39 is 29.2 Å². The van der Waals surface area contributed by atoms with Crippen LogP contribution < -0.4 is 10.2 Å². The van der Waals surface area contributed by atoms with Gasteiger partial charge in [0.2, 0.25) is 5.91 Å². The van der Waals surface area contributed by atoms with Gasteiger partial charge in [0.25, 0.3) is 0 Å². The van der Waals surface area contributed by atoms with Crippen molar-refractivity contribution in [3.05, 3.63) is 43.1 Å². The molecule has 1 N–H and O–H groups in total. The van der Waals surface area contributed by atoms with E-state index in [-0.39, 0.29) is 6.04 Å². The Hall–Kier alpha value is -1.61. The van der Waals surface area contributed by atoms with Gasteiger partial charge in [-0.05, 0) is 18.4 Å². The number of aromatic nitrogens is 1. The number of nitrogens with zero attached hydrogens (tertiary/aromatic N) is 1. The minimum atomic E-state index is -4.65. The standard InChI is InChI=1S/C12H11F3N2O2S2/c1-7(8-3-2-4-20-8)16-10(18)5-17-9(12(13,14)15)6-21-11(17)19/h2-4,6-7H,5H2,1H3,(H,16,18)/t7-/m1/s1. The van der Waals surface area contributed by atoms with E-state index in [0.29, 0.717) is 15.9 Å². The molecule has 21 heavy (non-hydrogen) atoms. The Kier molecular flexibility index (Phi) is 4.52. The number of thiazole rings is 1. The monoisotopic (exact) mass is 336 g/mol. The van der Waals surface area contributed by atoms with E-state index in [4.69, 9.17) is 0 Å². The second-order valence-corrected chi connectivity index (χ2v) is 6.08. The third-order valence-electron chi connectivity index (χ3n) is 2.72. The van der Waals surface area contributed by atoms with Crippen LogP contribution in [0.25, 0.3) is 0 Å². The number of hydrogen-bond acceptors (Lipinski definition) is 4. The lowest BCUT2D eigenvalue weighted by atomic mass is 10.3. The number of rotatable bonds is 4. The van der Waals surface area contributed by atoms with Gasteiger partial charge >= 0.3 is 11.0 Å². The van der Waals surface area contributed by atoms with Crippen molar-refractivity contribution in [1.29, 1.82) is 0 Å². The van der Waals surface area contributed by atoms with Crippen molar-refractivity contribution in [2.75, 3.05) is 0 Å². The Balaban J connectivity index is 2.10. The normalized spacial score (nSPS) is 13.1. The van der Waals surface area contributed by atoms with Crippen molar-refractivity contribution in [2.24, 2.45) is 0 Å². The largest absolute Gasteiger partial charge is 0.432 e. The van der Waals surface area contributed by atoms with Crippen molar-refractivity contribution < 1.29 is 18.0 Å². The molecule has 2 rings (SSSR count). The van der Waals surface area contributed by atoms with E-state index in [0.717, 1.165) is 10.3 Å². The number of carbonyl (C=O) groups excluding carboxylic acids is 1. The molecule has 0 saturated carbocycles. The highest BCUT2D eigenvalue weighted by atomic mass is 32.1. The van der Waals surface area contributed by atoms with Crippen LogP contribution >= 0.6 is 22.7 Å². The molecule has 0 fully saturated rings. The first-order chi connectivity index (χ1) is 9.79. The number of hydrogen-bond donors (Lipinski definition) is 1. The van der Waals surface area contributed by atoms with Gasteiger partial charge in [0, 0.05) is 10.3 Å². The van der Waals surface area contributed by atoms with Crippen LogP contribution in [0.5, 0.6) is 0 Å². The van der Waals surface area contributed by atoms with Crippen LogP contribution in [0.3, 0.4) is 0 Å². The van der Waals surface area contributed by atoms with Crippen LogP contribution in [-0.2, 0) is 17.5 Å². The van der Waals surface area contributed by atoms with Gasteiger partial charge in [-0.25, -0.2) is 0 Å². The zero-order chi connectivity index (χ0) is 15.6. The van der Waals surface area contributed by atoms with Crippen LogP contribution in [0.4, 0.5) is 13.2 Å². The van der Waals surface area contributed by atoms with Gasteiger partial charge in [-0.1, -0.05) is 17.4 Å². The first-order valence-electron chi connectivity index (χ1n) is 5.87. The third-order valence-corrected chi connectivity index (χ3v) is 4.54. The zero-order valence-electron chi connectivity index (χ0n) is 10.8. The van der Waals surface area contributed by atoms with Crippen LogP contribution in [0.2, 0.25) is 0 Å². The van der Waals surface area contributed by atoms with Crippen molar-refractivity contribution in [3.63, 3.8) is 0 Å². The summed E-state index contributed by atoms with van der Waals surface area (Å²) in [5.41, 5.74) is -1.10. The lowest BCUT2D eigenvalue weighted by molar-refractivity contribution is -0.144. The lowest BCUT2D eigenvalue weighted by Gasteiger charge is -2.14. The van der Waals surface area contributed by atoms with Gasteiger partial charge in [0.1, 0.15) is 12.2 Å². The Morgan fingerprint density at radius 1 is 1.43 bits per heavy atom. The maximum absolute atomic E-state index is 12.7. The minimum absolute atomic E-state index is 0.318. The highest BCUT2D eigenvalue weighted by molar-refractivity contribution is 7.10. The second-order valence-electron chi connectivity index (χ2n) is 4.28. The molecule has 1 atom stereocenters. The van der Waals surface area contributed by atoms with E-state index in [9.17, 15) is 22.8 Å². The highest BCUT2D eigenvalue weighted by Crippen LogP contribution is 2.29. The molecule has 2 aromatic rings. The smallest absolute Gasteiger partial charge is 0.347 e. The first kappa shape index (κ1) is 15.8. The van der Waals surface area contributed by atoms with Crippen LogP contribution in [0, 0.1) is 0 Å². The summed E-state index contributed by atoms with van der Waals surface area (Å²) >= 11 is 1.86. The van der Waals surface area contributed by atoms with E-state index in [1.807, 2.05) is 17.5 Å². The van der Waals surface area contributed by atoms with Crippen LogP contribution in [0.15, 0.2) is 27.7 Å². The summed E-state index contributed by atoms with van der Waals surface area (Å²) < 4.78 is 38.6. The number of thiophene rings is 1. The van der Waals surface area contributed by atoms with Crippen molar-refractivity contribution in [2.45, 2.75) is 25.7 Å². The maximum Gasteiger partial charge on any atom is 0.432 e. The molecule has 0 radical (unpaired) electrons.